The molecule has 4 N–H and O–H groups in total. The van der Waals surface area contributed by atoms with Gasteiger partial charge in [-0.2, -0.15) is 15.0 Å². The first kappa shape index (κ1) is 22.5. The topological polar surface area (TPSA) is 97.2 Å². The number of aromatic nitrogens is 3. The molecule has 2 aliphatic heterocycles. The summed E-state index contributed by atoms with van der Waals surface area (Å²) in [5, 5.41) is 0.216. The molecule has 0 aliphatic carbocycles. The van der Waals surface area contributed by atoms with E-state index in [9.17, 15) is 0 Å². The number of nitrogens with two attached hydrogens (primary N) is 2. The highest BCUT2D eigenvalue weighted by molar-refractivity contribution is 6.28. The van der Waals surface area contributed by atoms with Gasteiger partial charge in [0.1, 0.15) is 0 Å². The second kappa shape index (κ2) is 6.92. The number of hydrogen-bond acceptors (Lipinski definition) is 7. The molecule has 29 heavy (non-hydrogen) atoms. The quantitative estimate of drug-likeness (QED) is 0.751. The molecule has 3 rings (SSSR count). The summed E-state index contributed by atoms with van der Waals surface area (Å²) in [4.78, 5) is 18.6. The van der Waals surface area contributed by atoms with Crippen LogP contribution in [-0.2, 0) is 0 Å². The van der Waals surface area contributed by atoms with Crippen molar-refractivity contribution in [3.8, 4) is 0 Å². The molecule has 0 unspecified atom stereocenters. The van der Waals surface area contributed by atoms with E-state index in [-0.39, 0.29) is 39.5 Å². The van der Waals surface area contributed by atoms with Crippen LogP contribution in [0.1, 0.15) is 81.1 Å². The van der Waals surface area contributed by atoms with Gasteiger partial charge < -0.3 is 21.3 Å². The predicted octanol–water partition coefficient (Wildman–Crippen LogP) is 3.49. The van der Waals surface area contributed by atoms with Crippen molar-refractivity contribution in [2.75, 3.05) is 9.80 Å². The zero-order chi connectivity index (χ0) is 22.0. The molecule has 0 amide bonds. The Morgan fingerprint density at radius 3 is 1.21 bits per heavy atom. The average molecular weight is 424 g/mol. The normalized spacial score (nSPS) is 26.6. The second-order valence-electron chi connectivity index (χ2n) is 11.5. The standard InChI is InChI=1S/C21H38ClN7/c1-18(2)9-13(23)10-19(3,4)28(18)16-25-15(22)26-17(27-16)29-20(5,6)11-14(24)12-21(29,7)8/h13-14H,9-12,23-24H2,1-8H3. The molecule has 2 aliphatic rings. The Morgan fingerprint density at radius 2 is 0.931 bits per heavy atom. The van der Waals surface area contributed by atoms with Crippen LogP contribution in [0.25, 0.3) is 0 Å². The van der Waals surface area contributed by atoms with Crippen molar-refractivity contribution in [2.45, 2.75) is 115 Å². The molecular weight excluding hydrogens is 386 g/mol. The summed E-state index contributed by atoms with van der Waals surface area (Å²) in [7, 11) is 0. The van der Waals surface area contributed by atoms with Crippen LogP contribution in [0.15, 0.2) is 0 Å². The van der Waals surface area contributed by atoms with Crippen molar-refractivity contribution in [3.63, 3.8) is 0 Å². The van der Waals surface area contributed by atoms with Crippen molar-refractivity contribution in [1.29, 1.82) is 0 Å². The van der Waals surface area contributed by atoms with Crippen molar-refractivity contribution < 1.29 is 0 Å². The van der Waals surface area contributed by atoms with Gasteiger partial charge in [-0.15, -0.1) is 0 Å². The minimum absolute atomic E-state index is 0.148. The van der Waals surface area contributed by atoms with Crippen molar-refractivity contribution >= 4 is 23.5 Å². The molecular formula is C21H38ClN7. The summed E-state index contributed by atoms with van der Waals surface area (Å²) in [6.07, 6.45) is 3.46. The minimum atomic E-state index is -0.196. The summed E-state index contributed by atoms with van der Waals surface area (Å²) in [5.41, 5.74) is 11.9. The Labute approximate surface area is 180 Å². The molecule has 0 saturated carbocycles. The van der Waals surface area contributed by atoms with Crippen LogP contribution >= 0.6 is 11.6 Å². The van der Waals surface area contributed by atoms with Gasteiger partial charge in [-0.05, 0) is 92.7 Å². The van der Waals surface area contributed by atoms with Gasteiger partial charge in [0.15, 0.2) is 0 Å². The highest BCUT2D eigenvalue weighted by atomic mass is 35.5. The van der Waals surface area contributed by atoms with Crippen molar-refractivity contribution in [3.05, 3.63) is 5.28 Å². The summed E-state index contributed by atoms with van der Waals surface area (Å²) < 4.78 is 0. The molecule has 0 bridgehead atoms. The molecule has 3 heterocycles. The van der Waals surface area contributed by atoms with Gasteiger partial charge in [0, 0.05) is 34.2 Å². The highest BCUT2D eigenvalue weighted by Crippen LogP contribution is 2.43. The number of rotatable bonds is 2. The van der Waals surface area contributed by atoms with Gasteiger partial charge >= 0.3 is 0 Å². The Kier molecular flexibility index (Phi) is 5.37. The number of nitrogens with zero attached hydrogens (tertiary/aromatic N) is 5. The summed E-state index contributed by atoms with van der Waals surface area (Å²) in [6, 6.07) is 0.295. The molecule has 7 nitrogen and oxygen atoms in total. The molecule has 0 spiro atoms. The van der Waals surface area contributed by atoms with E-state index in [1.54, 1.807) is 0 Å². The van der Waals surface area contributed by atoms with Crippen molar-refractivity contribution in [1.82, 2.24) is 15.0 Å². The lowest BCUT2D eigenvalue weighted by molar-refractivity contribution is 0.211. The highest BCUT2D eigenvalue weighted by Gasteiger charge is 2.48. The maximum Gasteiger partial charge on any atom is 0.232 e. The molecule has 2 saturated heterocycles. The lowest BCUT2D eigenvalue weighted by Crippen LogP contribution is -2.65. The molecule has 0 radical (unpaired) electrons. The Morgan fingerprint density at radius 1 is 0.655 bits per heavy atom. The van der Waals surface area contributed by atoms with E-state index in [0.717, 1.165) is 25.7 Å². The van der Waals surface area contributed by atoms with E-state index >= 15 is 0 Å². The summed E-state index contributed by atoms with van der Waals surface area (Å²) in [6.45, 7) is 17.5. The lowest BCUT2D eigenvalue weighted by Gasteiger charge is -2.56. The third-order valence-electron chi connectivity index (χ3n) is 6.45. The Hall–Kier alpha value is -1.18. The second-order valence-corrected chi connectivity index (χ2v) is 11.8. The first-order valence-corrected chi connectivity index (χ1v) is 11.0. The van der Waals surface area contributed by atoms with E-state index < -0.39 is 0 Å². The third kappa shape index (κ3) is 4.19. The van der Waals surface area contributed by atoms with Crippen LogP contribution in [0.5, 0.6) is 0 Å². The maximum atomic E-state index is 6.45. The van der Waals surface area contributed by atoms with E-state index in [4.69, 9.17) is 28.1 Å². The first-order valence-electron chi connectivity index (χ1n) is 10.6. The summed E-state index contributed by atoms with van der Waals surface area (Å²) >= 11 is 6.45. The number of halogens is 1. The predicted molar refractivity (Wildman–Crippen MR) is 121 cm³/mol. The zero-order valence-electron chi connectivity index (χ0n) is 19.3. The average Bonchev–Trinajstić information content (AvgIpc) is 2.39. The maximum absolute atomic E-state index is 6.45. The molecule has 0 atom stereocenters. The molecule has 164 valence electrons. The molecule has 8 heteroatoms. The van der Waals surface area contributed by atoms with Gasteiger partial charge in [0.2, 0.25) is 17.2 Å². The molecule has 2 fully saturated rings. The van der Waals surface area contributed by atoms with E-state index in [1.807, 2.05) is 0 Å². The Bertz CT molecular complexity index is 678. The monoisotopic (exact) mass is 423 g/mol. The van der Waals surface area contributed by atoms with E-state index in [1.165, 1.54) is 0 Å². The van der Waals surface area contributed by atoms with Crippen LogP contribution in [-0.4, -0.2) is 49.2 Å². The molecule has 0 aromatic carbocycles. The number of hydrogen-bond donors (Lipinski definition) is 2. The van der Waals surface area contributed by atoms with Crippen LogP contribution in [0, 0.1) is 0 Å². The van der Waals surface area contributed by atoms with Crippen molar-refractivity contribution in [2.24, 2.45) is 11.5 Å². The fraction of sp³-hybridized carbons (Fsp3) is 0.857. The smallest absolute Gasteiger partial charge is 0.232 e. The SMILES string of the molecule is CC1(C)CC(N)CC(C)(C)N1c1nc(Cl)nc(N2C(C)(C)CC(N)CC2(C)C)n1. The van der Waals surface area contributed by atoms with Crippen LogP contribution in [0.3, 0.4) is 0 Å². The Balaban J connectivity index is 2.11. The zero-order valence-corrected chi connectivity index (χ0v) is 20.0. The number of anilines is 2. The van der Waals surface area contributed by atoms with Gasteiger partial charge in [0.25, 0.3) is 0 Å². The minimum Gasteiger partial charge on any atom is -0.330 e. The summed E-state index contributed by atoms with van der Waals surface area (Å²) in [5.74, 6) is 1.23. The van der Waals surface area contributed by atoms with E-state index in [2.05, 4.69) is 75.2 Å². The molecule has 1 aromatic rings. The first-order chi connectivity index (χ1) is 13.1. The van der Waals surface area contributed by atoms with Gasteiger partial charge in [-0.1, -0.05) is 0 Å². The third-order valence-corrected chi connectivity index (χ3v) is 6.62. The van der Waals surface area contributed by atoms with Gasteiger partial charge in [-0.25, -0.2) is 0 Å². The number of piperidine rings is 2. The van der Waals surface area contributed by atoms with Gasteiger partial charge in [-0.3, -0.25) is 0 Å². The van der Waals surface area contributed by atoms with Crippen LogP contribution < -0.4 is 21.3 Å². The van der Waals surface area contributed by atoms with Gasteiger partial charge in [0.05, 0.1) is 0 Å². The van der Waals surface area contributed by atoms with Crippen LogP contribution in [0.4, 0.5) is 11.9 Å². The van der Waals surface area contributed by atoms with E-state index in [0.29, 0.717) is 11.9 Å². The molecule has 1 aromatic heterocycles. The fourth-order valence-corrected chi connectivity index (χ4v) is 6.48. The fourth-order valence-electron chi connectivity index (χ4n) is 6.33. The largest absolute Gasteiger partial charge is 0.330 e. The van der Waals surface area contributed by atoms with Crippen LogP contribution in [0.2, 0.25) is 5.28 Å². The lowest BCUT2D eigenvalue weighted by atomic mass is 9.77.